The number of aromatic nitrogens is 3. The Bertz CT molecular complexity index is 797. The van der Waals surface area contributed by atoms with Gasteiger partial charge in [-0.2, -0.15) is 0 Å². The van der Waals surface area contributed by atoms with Crippen molar-refractivity contribution in [3.8, 4) is 5.75 Å². The first-order chi connectivity index (χ1) is 11.2. The molecule has 0 aliphatic heterocycles. The van der Waals surface area contributed by atoms with Crippen molar-refractivity contribution >= 4 is 11.0 Å². The van der Waals surface area contributed by atoms with E-state index in [4.69, 9.17) is 9.47 Å². The van der Waals surface area contributed by atoms with E-state index >= 15 is 0 Å². The van der Waals surface area contributed by atoms with Gasteiger partial charge < -0.3 is 14.0 Å². The Hall–Kier alpha value is -2.40. The third kappa shape index (κ3) is 3.05. The van der Waals surface area contributed by atoms with Gasteiger partial charge in [0, 0.05) is 37.8 Å². The molecule has 5 heteroatoms. The summed E-state index contributed by atoms with van der Waals surface area (Å²) in [4.78, 5) is 8.83. The molecule has 0 saturated carbocycles. The molecule has 0 radical (unpaired) electrons. The fraction of sp³-hybridized carbons (Fsp3) is 0.333. The van der Waals surface area contributed by atoms with E-state index in [0.29, 0.717) is 13.2 Å². The Kier molecular flexibility index (Phi) is 4.57. The van der Waals surface area contributed by atoms with Crippen LogP contribution in [0.2, 0.25) is 0 Å². The minimum absolute atomic E-state index is 0.438. The van der Waals surface area contributed by atoms with Crippen LogP contribution in [0, 0.1) is 13.8 Å². The Morgan fingerprint density at radius 3 is 2.70 bits per heavy atom. The van der Waals surface area contributed by atoms with Crippen LogP contribution in [-0.4, -0.2) is 28.3 Å². The van der Waals surface area contributed by atoms with Gasteiger partial charge in [0.1, 0.15) is 17.9 Å². The molecule has 120 valence electrons. The predicted octanol–water partition coefficient (Wildman–Crippen LogP) is 3.27. The monoisotopic (exact) mass is 311 g/mol. The zero-order chi connectivity index (χ0) is 16.2. The van der Waals surface area contributed by atoms with Gasteiger partial charge in [-0.05, 0) is 31.5 Å². The maximum absolute atomic E-state index is 6.03. The smallest absolute Gasteiger partial charge is 0.147 e. The zero-order valence-corrected chi connectivity index (χ0v) is 13.7. The number of rotatable bonds is 6. The van der Waals surface area contributed by atoms with Gasteiger partial charge in [-0.3, -0.25) is 9.97 Å². The summed E-state index contributed by atoms with van der Waals surface area (Å²) in [5, 5.41) is 0. The molecule has 0 fully saturated rings. The second-order valence-electron chi connectivity index (χ2n) is 5.47. The molecule has 5 nitrogen and oxygen atoms in total. The van der Waals surface area contributed by atoms with E-state index in [2.05, 4.69) is 28.4 Å². The number of hydrogen-bond acceptors (Lipinski definition) is 4. The number of hydrogen-bond donors (Lipinski definition) is 0. The van der Waals surface area contributed by atoms with Gasteiger partial charge in [0.25, 0.3) is 0 Å². The highest BCUT2D eigenvalue weighted by Crippen LogP contribution is 2.31. The quantitative estimate of drug-likeness (QED) is 0.701. The molecule has 0 saturated heterocycles. The van der Waals surface area contributed by atoms with Crippen LogP contribution in [0.4, 0.5) is 0 Å². The van der Waals surface area contributed by atoms with Crippen molar-refractivity contribution in [1.82, 2.24) is 14.5 Å². The summed E-state index contributed by atoms with van der Waals surface area (Å²) in [7, 11) is 1.71. The summed E-state index contributed by atoms with van der Waals surface area (Å²) in [5.41, 5.74) is 5.28. The van der Waals surface area contributed by atoms with Gasteiger partial charge in [0.05, 0.1) is 17.8 Å². The maximum atomic E-state index is 6.03. The van der Waals surface area contributed by atoms with Crippen molar-refractivity contribution < 1.29 is 9.47 Å². The molecule has 0 spiro atoms. The molecule has 23 heavy (non-hydrogen) atoms. The van der Waals surface area contributed by atoms with E-state index in [-0.39, 0.29) is 0 Å². The molecule has 0 N–H and O–H groups in total. The van der Waals surface area contributed by atoms with Crippen LogP contribution >= 0.6 is 0 Å². The molecule has 0 bridgehead atoms. The highest BCUT2D eigenvalue weighted by Gasteiger charge is 2.16. The maximum Gasteiger partial charge on any atom is 0.147 e. The Balaban J connectivity index is 1.97. The average Bonchev–Trinajstić information content (AvgIpc) is 2.84. The highest BCUT2D eigenvalue weighted by atomic mass is 16.5. The topological polar surface area (TPSA) is 49.2 Å². The lowest BCUT2D eigenvalue weighted by Crippen LogP contribution is -2.07. The number of pyridine rings is 2. The first-order valence-corrected chi connectivity index (χ1v) is 7.68. The van der Waals surface area contributed by atoms with Crippen molar-refractivity contribution in [2.24, 2.45) is 0 Å². The first kappa shape index (κ1) is 15.5. The van der Waals surface area contributed by atoms with Crippen LogP contribution in [0.25, 0.3) is 11.0 Å². The third-order valence-corrected chi connectivity index (χ3v) is 4.08. The summed E-state index contributed by atoms with van der Waals surface area (Å²) >= 11 is 0. The van der Waals surface area contributed by atoms with Crippen molar-refractivity contribution in [1.29, 1.82) is 0 Å². The van der Waals surface area contributed by atoms with Crippen LogP contribution in [0.3, 0.4) is 0 Å². The Labute approximate surface area is 135 Å². The van der Waals surface area contributed by atoms with E-state index < -0.39 is 0 Å². The van der Waals surface area contributed by atoms with E-state index in [9.17, 15) is 0 Å². The summed E-state index contributed by atoms with van der Waals surface area (Å²) < 4.78 is 13.5. The van der Waals surface area contributed by atoms with Crippen LogP contribution in [0.5, 0.6) is 5.75 Å². The van der Waals surface area contributed by atoms with Gasteiger partial charge in [-0.15, -0.1) is 0 Å². The third-order valence-electron chi connectivity index (χ3n) is 4.08. The van der Waals surface area contributed by atoms with E-state index in [1.54, 1.807) is 19.5 Å². The lowest BCUT2D eigenvalue weighted by Gasteiger charge is -2.12. The standard InChI is InChI=1S/C18H21N3O2/c1-13-14(2)21(10-11-22-3)18-16(7-9-20-17(13)18)23-12-15-6-4-5-8-19-15/h4-9H,10-12H2,1-3H3. The molecule has 3 aromatic heterocycles. The molecule has 3 rings (SSSR count). The number of nitrogens with zero attached hydrogens (tertiary/aromatic N) is 3. The van der Waals surface area contributed by atoms with Crippen molar-refractivity contribution in [3.63, 3.8) is 0 Å². The Morgan fingerprint density at radius 2 is 1.96 bits per heavy atom. The van der Waals surface area contributed by atoms with Crippen molar-refractivity contribution in [2.45, 2.75) is 27.0 Å². The lowest BCUT2D eigenvalue weighted by atomic mass is 10.2. The summed E-state index contributed by atoms with van der Waals surface area (Å²) in [6.45, 7) is 6.07. The van der Waals surface area contributed by atoms with Crippen LogP contribution in [-0.2, 0) is 17.9 Å². The SMILES string of the molecule is COCCn1c(C)c(C)c2nccc(OCc3ccccn3)c21. The minimum Gasteiger partial charge on any atom is -0.485 e. The molecular weight excluding hydrogens is 290 g/mol. The van der Waals surface area contributed by atoms with Gasteiger partial charge >= 0.3 is 0 Å². The molecule has 3 aromatic rings. The summed E-state index contributed by atoms with van der Waals surface area (Å²) in [5.74, 6) is 0.827. The minimum atomic E-state index is 0.438. The molecular formula is C18H21N3O2. The van der Waals surface area contributed by atoms with Crippen molar-refractivity contribution in [3.05, 3.63) is 53.6 Å². The fourth-order valence-corrected chi connectivity index (χ4v) is 2.73. The summed E-state index contributed by atoms with van der Waals surface area (Å²) in [6, 6.07) is 7.73. The second kappa shape index (κ2) is 6.79. The van der Waals surface area contributed by atoms with Gasteiger partial charge in [0.15, 0.2) is 0 Å². The normalized spacial score (nSPS) is 11.1. The van der Waals surface area contributed by atoms with E-state index in [1.165, 1.54) is 11.3 Å². The zero-order valence-electron chi connectivity index (χ0n) is 13.7. The lowest BCUT2D eigenvalue weighted by molar-refractivity contribution is 0.187. The second-order valence-corrected chi connectivity index (χ2v) is 5.47. The molecule has 0 unspecified atom stereocenters. The van der Waals surface area contributed by atoms with Crippen LogP contribution < -0.4 is 4.74 Å². The highest BCUT2D eigenvalue weighted by molar-refractivity contribution is 5.86. The predicted molar refractivity (Wildman–Crippen MR) is 89.7 cm³/mol. The van der Waals surface area contributed by atoms with Crippen LogP contribution in [0.1, 0.15) is 17.0 Å². The molecule has 0 aromatic carbocycles. The molecule has 0 aliphatic rings. The van der Waals surface area contributed by atoms with Gasteiger partial charge in [0.2, 0.25) is 0 Å². The van der Waals surface area contributed by atoms with E-state index in [1.807, 2.05) is 24.3 Å². The van der Waals surface area contributed by atoms with Gasteiger partial charge in [-0.25, -0.2) is 0 Å². The average molecular weight is 311 g/mol. The number of ether oxygens (including phenoxy) is 2. The van der Waals surface area contributed by atoms with Gasteiger partial charge in [-0.1, -0.05) is 6.07 Å². The molecule has 0 amide bonds. The summed E-state index contributed by atoms with van der Waals surface area (Å²) in [6.07, 6.45) is 3.57. The first-order valence-electron chi connectivity index (χ1n) is 7.68. The number of methoxy groups -OCH3 is 1. The Morgan fingerprint density at radius 1 is 1.09 bits per heavy atom. The molecule has 3 heterocycles. The van der Waals surface area contributed by atoms with Crippen LogP contribution in [0.15, 0.2) is 36.7 Å². The number of aryl methyl sites for hydroxylation is 1. The fourth-order valence-electron chi connectivity index (χ4n) is 2.73. The molecule has 0 atom stereocenters. The largest absolute Gasteiger partial charge is 0.485 e. The van der Waals surface area contributed by atoms with Crippen molar-refractivity contribution in [2.75, 3.05) is 13.7 Å². The van der Waals surface area contributed by atoms with E-state index in [0.717, 1.165) is 29.0 Å². The number of fused-ring (bicyclic) bond motifs is 1. The molecule has 0 aliphatic carbocycles.